The highest BCUT2D eigenvalue weighted by atomic mass is 16.2. The highest BCUT2D eigenvalue weighted by Gasteiger charge is 2.30. The standard InChI is InChI=1S/C28H30N4O/c1-20(2)26-17-24(23-12-8-5-9-13-23)25(18-29)28(30-26)31-14-15-32(21(3)19-31)27(33)16-22-10-6-4-7-11-22/h4-13,17,20-21H,14-16,19H2,1-3H3/t21-/m1/s1. The summed E-state index contributed by atoms with van der Waals surface area (Å²) in [5.74, 6) is 1.11. The second kappa shape index (κ2) is 9.87. The van der Waals surface area contributed by atoms with Gasteiger partial charge in [-0.05, 0) is 30.0 Å². The van der Waals surface area contributed by atoms with E-state index in [1.165, 1.54) is 0 Å². The van der Waals surface area contributed by atoms with Crippen LogP contribution in [0.5, 0.6) is 0 Å². The van der Waals surface area contributed by atoms with Crippen LogP contribution in [0.3, 0.4) is 0 Å². The molecule has 3 aromatic rings. The maximum absolute atomic E-state index is 13.0. The van der Waals surface area contributed by atoms with Gasteiger partial charge in [-0.15, -0.1) is 0 Å². The van der Waals surface area contributed by atoms with Gasteiger partial charge in [0.1, 0.15) is 17.5 Å². The molecule has 0 bridgehead atoms. The minimum absolute atomic E-state index is 0.0335. The molecule has 0 radical (unpaired) electrons. The van der Waals surface area contributed by atoms with Crippen LogP contribution in [0.25, 0.3) is 11.1 Å². The summed E-state index contributed by atoms with van der Waals surface area (Å²) in [6, 6.07) is 24.4. The van der Waals surface area contributed by atoms with Gasteiger partial charge in [0.2, 0.25) is 5.91 Å². The zero-order valence-electron chi connectivity index (χ0n) is 19.5. The minimum Gasteiger partial charge on any atom is -0.352 e. The third kappa shape index (κ3) is 4.90. The molecule has 1 aromatic heterocycles. The topological polar surface area (TPSA) is 60.2 Å². The zero-order chi connectivity index (χ0) is 23.4. The Labute approximate surface area is 196 Å². The molecule has 0 saturated carbocycles. The lowest BCUT2D eigenvalue weighted by Crippen LogP contribution is -2.54. The van der Waals surface area contributed by atoms with Gasteiger partial charge in [0.25, 0.3) is 0 Å². The summed E-state index contributed by atoms with van der Waals surface area (Å²) in [5, 5.41) is 10.1. The molecule has 1 aliphatic rings. The highest BCUT2D eigenvalue weighted by molar-refractivity contribution is 5.80. The molecule has 0 spiro atoms. The second-order valence-corrected chi connectivity index (χ2v) is 8.97. The monoisotopic (exact) mass is 438 g/mol. The summed E-state index contributed by atoms with van der Waals surface area (Å²) in [5.41, 5.74) is 4.54. The normalized spacial score (nSPS) is 16.0. The Morgan fingerprint density at radius 3 is 2.36 bits per heavy atom. The smallest absolute Gasteiger partial charge is 0.227 e. The largest absolute Gasteiger partial charge is 0.352 e. The lowest BCUT2D eigenvalue weighted by Gasteiger charge is -2.41. The van der Waals surface area contributed by atoms with Gasteiger partial charge < -0.3 is 9.80 Å². The number of amides is 1. The number of carbonyl (C=O) groups is 1. The molecule has 5 heteroatoms. The van der Waals surface area contributed by atoms with Gasteiger partial charge in [-0.2, -0.15) is 5.26 Å². The number of hydrogen-bond donors (Lipinski definition) is 0. The van der Waals surface area contributed by atoms with Crippen molar-refractivity contribution in [1.82, 2.24) is 9.88 Å². The van der Waals surface area contributed by atoms with E-state index in [1.807, 2.05) is 71.6 Å². The van der Waals surface area contributed by atoms with E-state index < -0.39 is 0 Å². The third-order valence-corrected chi connectivity index (χ3v) is 6.25. The third-order valence-electron chi connectivity index (χ3n) is 6.25. The Morgan fingerprint density at radius 2 is 1.76 bits per heavy atom. The molecule has 2 heterocycles. The molecule has 168 valence electrons. The SMILES string of the molecule is CC(C)c1cc(-c2ccccc2)c(C#N)c(N2CCN(C(=O)Cc3ccccc3)[C@H](C)C2)n1. The molecule has 0 unspecified atom stereocenters. The first kappa shape index (κ1) is 22.5. The number of rotatable bonds is 5. The predicted octanol–water partition coefficient (Wildman–Crippen LogP) is 5.02. The molecule has 0 aliphatic carbocycles. The number of nitriles is 1. The molecule has 0 N–H and O–H groups in total. The number of carbonyl (C=O) groups excluding carboxylic acids is 1. The van der Waals surface area contributed by atoms with E-state index in [1.54, 1.807) is 0 Å². The van der Waals surface area contributed by atoms with E-state index in [0.29, 0.717) is 31.6 Å². The first-order valence-corrected chi connectivity index (χ1v) is 11.6. The molecular formula is C28H30N4O. The van der Waals surface area contributed by atoms with Crippen LogP contribution in [0.4, 0.5) is 5.82 Å². The van der Waals surface area contributed by atoms with E-state index in [9.17, 15) is 10.1 Å². The molecule has 1 fully saturated rings. The van der Waals surface area contributed by atoms with Gasteiger partial charge in [-0.3, -0.25) is 4.79 Å². The molecule has 1 amide bonds. The van der Waals surface area contributed by atoms with Crippen molar-refractivity contribution in [2.24, 2.45) is 0 Å². The minimum atomic E-state index is 0.0335. The van der Waals surface area contributed by atoms with Crippen LogP contribution >= 0.6 is 0 Å². The Hall–Kier alpha value is -3.65. The Bertz CT molecular complexity index is 1150. The quantitative estimate of drug-likeness (QED) is 0.561. The van der Waals surface area contributed by atoms with Crippen LogP contribution in [0.2, 0.25) is 0 Å². The number of benzene rings is 2. The van der Waals surface area contributed by atoms with E-state index in [-0.39, 0.29) is 17.9 Å². The fourth-order valence-corrected chi connectivity index (χ4v) is 4.42. The molecular weight excluding hydrogens is 408 g/mol. The van der Waals surface area contributed by atoms with Gasteiger partial charge in [-0.25, -0.2) is 4.98 Å². The van der Waals surface area contributed by atoms with Crippen molar-refractivity contribution < 1.29 is 4.79 Å². The van der Waals surface area contributed by atoms with Gasteiger partial charge in [0.15, 0.2) is 0 Å². The number of anilines is 1. The number of hydrogen-bond acceptors (Lipinski definition) is 4. The number of piperazine rings is 1. The molecule has 5 nitrogen and oxygen atoms in total. The molecule has 33 heavy (non-hydrogen) atoms. The van der Waals surface area contributed by atoms with Gasteiger partial charge >= 0.3 is 0 Å². The summed E-state index contributed by atoms with van der Waals surface area (Å²) >= 11 is 0. The summed E-state index contributed by atoms with van der Waals surface area (Å²) < 4.78 is 0. The van der Waals surface area contributed by atoms with Gasteiger partial charge in [-0.1, -0.05) is 74.5 Å². The van der Waals surface area contributed by atoms with E-state index >= 15 is 0 Å². The average molecular weight is 439 g/mol. The molecule has 2 aromatic carbocycles. The average Bonchev–Trinajstić information content (AvgIpc) is 2.84. The maximum atomic E-state index is 13.0. The van der Waals surface area contributed by atoms with Gasteiger partial charge in [0.05, 0.1) is 6.42 Å². The first-order chi connectivity index (χ1) is 16.0. The highest BCUT2D eigenvalue weighted by Crippen LogP contribution is 2.33. The molecule has 1 atom stereocenters. The van der Waals surface area contributed by atoms with Crippen LogP contribution < -0.4 is 4.90 Å². The fourth-order valence-electron chi connectivity index (χ4n) is 4.42. The zero-order valence-corrected chi connectivity index (χ0v) is 19.5. The fraction of sp³-hybridized carbons (Fsp3) is 0.321. The number of nitrogens with zero attached hydrogens (tertiary/aromatic N) is 4. The molecule has 1 saturated heterocycles. The number of aromatic nitrogens is 1. The van der Waals surface area contributed by atoms with Crippen LogP contribution in [0.15, 0.2) is 66.7 Å². The van der Waals surface area contributed by atoms with E-state index in [4.69, 9.17) is 4.98 Å². The lowest BCUT2D eigenvalue weighted by molar-refractivity contribution is -0.132. The van der Waals surface area contributed by atoms with Crippen molar-refractivity contribution in [1.29, 1.82) is 5.26 Å². The summed E-state index contributed by atoms with van der Waals surface area (Å²) in [7, 11) is 0. The summed E-state index contributed by atoms with van der Waals surface area (Å²) in [6.45, 7) is 8.24. The van der Waals surface area contributed by atoms with Crippen LogP contribution in [0, 0.1) is 11.3 Å². The van der Waals surface area contributed by atoms with E-state index in [2.05, 4.69) is 31.7 Å². The second-order valence-electron chi connectivity index (χ2n) is 8.97. The van der Waals surface area contributed by atoms with Gasteiger partial charge in [0, 0.05) is 36.9 Å². The predicted molar refractivity (Wildman–Crippen MR) is 132 cm³/mol. The Balaban J connectivity index is 1.61. The first-order valence-electron chi connectivity index (χ1n) is 11.6. The maximum Gasteiger partial charge on any atom is 0.227 e. The van der Waals surface area contributed by atoms with Crippen molar-refractivity contribution >= 4 is 11.7 Å². The van der Waals surface area contributed by atoms with E-state index in [0.717, 1.165) is 28.2 Å². The van der Waals surface area contributed by atoms with Crippen molar-refractivity contribution in [2.75, 3.05) is 24.5 Å². The van der Waals surface area contributed by atoms with Crippen molar-refractivity contribution in [3.63, 3.8) is 0 Å². The summed E-state index contributed by atoms with van der Waals surface area (Å²) in [4.78, 5) is 22.0. The van der Waals surface area contributed by atoms with Crippen LogP contribution in [-0.4, -0.2) is 41.5 Å². The van der Waals surface area contributed by atoms with Crippen LogP contribution in [-0.2, 0) is 11.2 Å². The lowest BCUT2D eigenvalue weighted by atomic mass is 9.97. The van der Waals surface area contributed by atoms with Crippen molar-refractivity contribution in [3.8, 4) is 17.2 Å². The summed E-state index contributed by atoms with van der Waals surface area (Å²) in [6.07, 6.45) is 0.411. The molecule has 4 rings (SSSR count). The Kier molecular flexibility index (Phi) is 6.74. The Morgan fingerprint density at radius 1 is 1.09 bits per heavy atom. The van der Waals surface area contributed by atoms with Crippen LogP contribution in [0.1, 0.15) is 43.5 Å². The van der Waals surface area contributed by atoms with Crippen molar-refractivity contribution in [3.05, 3.63) is 83.6 Å². The number of pyridine rings is 1. The molecule has 1 aliphatic heterocycles. The van der Waals surface area contributed by atoms with Crippen molar-refractivity contribution in [2.45, 2.75) is 39.2 Å².